The molecule has 0 saturated carbocycles. The molecular formula is C12H8BrFN4. The van der Waals surface area contributed by atoms with E-state index in [4.69, 9.17) is 5.26 Å². The van der Waals surface area contributed by atoms with E-state index in [2.05, 4.69) is 31.2 Å². The van der Waals surface area contributed by atoms with Crippen molar-refractivity contribution in [3.8, 4) is 6.07 Å². The zero-order chi connectivity index (χ0) is 13.1. The molecule has 0 fully saturated rings. The van der Waals surface area contributed by atoms with Crippen LogP contribution in [0.3, 0.4) is 0 Å². The van der Waals surface area contributed by atoms with Gasteiger partial charge in [-0.05, 0) is 25.1 Å². The zero-order valence-electron chi connectivity index (χ0n) is 9.41. The SMILES string of the molecule is Cc1nc(C#N)cc(Nc2cc(Br)ccc2F)n1. The number of anilines is 2. The van der Waals surface area contributed by atoms with E-state index in [1.54, 1.807) is 19.1 Å². The number of aryl methyl sites for hydroxylation is 1. The molecule has 90 valence electrons. The minimum Gasteiger partial charge on any atom is -0.338 e. The first-order valence-electron chi connectivity index (χ1n) is 5.06. The number of nitrogens with zero attached hydrogens (tertiary/aromatic N) is 3. The van der Waals surface area contributed by atoms with Crippen LogP contribution in [0.15, 0.2) is 28.7 Å². The van der Waals surface area contributed by atoms with Crippen molar-refractivity contribution < 1.29 is 4.39 Å². The molecule has 0 saturated heterocycles. The highest BCUT2D eigenvalue weighted by Gasteiger charge is 2.06. The molecule has 0 atom stereocenters. The topological polar surface area (TPSA) is 61.6 Å². The second kappa shape index (κ2) is 5.10. The molecule has 1 aromatic heterocycles. The molecular weight excluding hydrogens is 299 g/mol. The average Bonchev–Trinajstić information content (AvgIpc) is 2.33. The summed E-state index contributed by atoms with van der Waals surface area (Å²) >= 11 is 3.26. The van der Waals surface area contributed by atoms with Crippen LogP contribution < -0.4 is 5.32 Å². The predicted molar refractivity (Wildman–Crippen MR) is 68.9 cm³/mol. The number of rotatable bonds is 2. The maximum Gasteiger partial charge on any atom is 0.146 e. The summed E-state index contributed by atoms with van der Waals surface area (Å²) in [7, 11) is 0. The Morgan fingerprint density at radius 1 is 1.33 bits per heavy atom. The van der Waals surface area contributed by atoms with Crippen LogP contribution in [0.2, 0.25) is 0 Å². The molecule has 0 aliphatic carbocycles. The predicted octanol–water partition coefficient (Wildman–Crippen LogP) is 3.30. The van der Waals surface area contributed by atoms with Gasteiger partial charge in [0, 0.05) is 10.5 Å². The number of hydrogen-bond acceptors (Lipinski definition) is 4. The van der Waals surface area contributed by atoms with E-state index in [0.717, 1.165) is 4.47 Å². The van der Waals surface area contributed by atoms with Crippen molar-refractivity contribution >= 4 is 27.4 Å². The zero-order valence-corrected chi connectivity index (χ0v) is 11.0. The van der Waals surface area contributed by atoms with Gasteiger partial charge in [-0.1, -0.05) is 15.9 Å². The second-order valence-electron chi connectivity index (χ2n) is 3.55. The highest BCUT2D eigenvalue weighted by molar-refractivity contribution is 9.10. The highest BCUT2D eigenvalue weighted by atomic mass is 79.9. The summed E-state index contributed by atoms with van der Waals surface area (Å²) in [5.41, 5.74) is 0.520. The monoisotopic (exact) mass is 306 g/mol. The van der Waals surface area contributed by atoms with Crippen LogP contribution >= 0.6 is 15.9 Å². The van der Waals surface area contributed by atoms with Gasteiger partial charge in [0.2, 0.25) is 0 Å². The minimum absolute atomic E-state index is 0.236. The fourth-order valence-electron chi connectivity index (χ4n) is 1.42. The molecule has 0 unspecified atom stereocenters. The Morgan fingerprint density at radius 3 is 2.83 bits per heavy atom. The summed E-state index contributed by atoms with van der Waals surface area (Å²) in [5, 5.41) is 11.6. The van der Waals surface area contributed by atoms with Crippen molar-refractivity contribution in [3.05, 3.63) is 46.1 Å². The minimum atomic E-state index is -0.395. The van der Waals surface area contributed by atoms with Crippen LogP contribution in [0.5, 0.6) is 0 Å². The lowest BCUT2D eigenvalue weighted by atomic mass is 10.3. The Kier molecular flexibility index (Phi) is 3.53. The number of hydrogen-bond donors (Lipinski definition) is 1. The summed E-state index contributed by atoms with van der Waals surface area (Å²) < 4.78 is 14.3. The molecule has 6 heteroatoms. The molecule has 1 N–H and O–H groups in total. The molecule has 0 amide bonds. The van der Waals surface area contributed by atoms with Gasteiger partial charge >= 0.3 is 0 Å². The third-order valence-electron chi connectivity index (χ3n) is 2.14. The fraction of sp³-hybridized carbons (Fsp3) is 0.0833. The van der Waals surface area contributed by atoms with E-state index >= 15 is 0 Å². The largest absolute Gasteiger partial charge is 0.338 e. The van der Waals surface area contributed by atoms with Crippen LogP contribution in [0.4, 0.5) is 15.9 Å². The van der Waals surface area contributed by atoms with Crippen molar-refractivity contribution in [2.75, 3.05) is 5.32 Å². The molecule has 1 heterocycles. The van der Waals surface area contributed by atoms with Gasteiger partial charge in [0.05, 0.1) is 5.69 Å². The summed E-state index contributed by atoms with van der Waals surface area (Å²) in [6, 6.07) is 7.93. The molecule has 4 nitrogen and oxygen atoms in total. The van der Waals surface area contributed by atoms with Crippen LogP contribution in [0.25, 0.3) is 0 Å². The standard InChI is InChI=1S/C12H8BrFN4/c1-7-16-9(6-15)5-12(17-7)18-11-4-8(13)2-3-10(11)14/h2-5H,1H3,(H,16,17,18). The Balaban J connectivity index is 2.37. The number of benzene rings is 1. The lowest BCUT2D eigenvalue weighted by molar-refractivity contribution is 0.631. The first-order chi connectivity index (χ1) is 8.58. The highest BCUT2D eigenvalue weighted by Crippen LogP contribution is 2.23. The van der Waals surface area contributed by atoms with Crippen molar-refractivity contribution in [2.24, 2.45) is 0 Å². The van der Waals surface area contributed by atoms with Gasteiger partial charge in [0.15, 0.2) is 0 Å². The van der Waals surface area contributed by atoms with Crippen molar-refractivity contribution in [1.82, 2.24) is 9.97 Å². The van der Waals surface area contributed by atoms with Crippen molar-refractivity contribution in [2.45, 2.75) is 6.92 Å². The Bertz CT molecular complexity index is 636. The van der Waals surface area contributed by atoms with Crippen molar-refractivity contribution in [3.63, 3.8) is 0 Å². The van der Waals surface area contributed by atoms with Gasteiger partial charge in [-0.15, -0.1) is 0 Å². The first kappa shape index (κ1) is 12.5. The summed E-state index contributed by atoms with van der Waals surface area (Å²) in [4.78, 5) is 8.01. The quantitative estimate of drug-likeness (QED) is 0.924. The maximum absolute atomic E-state index is 13.5. The van der Waals surface area contributed by atoms with Gasteiger partial charge in [0.1, 0.15) is 29.2 Å². The number of aromatic nitrogens is 2. The lowest BCUT2D eigenvalue weighted by Gasteiger charge is -2.08. The van der Waals surface area contributed by atoms with Crippen LogP contribution in [-0.4, -0.2) is 9.97 Å². The summed E-state index contributed by atoms with van der Waals surface area (Å²) in [6.45, 7) is 1.67. The number of halogens is 2. The van der Waals surface area contributed by atoms with Crippen LogP contribution in [0.1, 0.15) is 11.5 Å². The Labute approximate surface area is 112 Å². The van der Waals surface area contributed by atoms with Gasteiger partial charge in [-0.3, -0.25) is 0 Å². The maximum atomic E-state index is 13.5. The third-order valence-corrected chi connectivity index (χ3v) is 2.64. The van der Waals surface area contributed by atoms with E-state index in [0.29, 0.717) is 11.6 Å². The normalized spacial score (nSPS) is 9.89. The Morgan fingerprint density at radius 2 is 2.11 bits per heavy atom. The van der Waals surface area contributed by atoms with Crippen LogP contribution in [-0.2, 0) is 0 Å². The first-order valence-corrected chi connectivity index (χ1v) is 5.85. The molecule has 0 radical (unpaired) electrons. The average molecular weight is 307 g/mol. The molecule has 2 aromatic rings. The fourth-order valence-corrected chi connectivity index (χ4v) is 1.78. The Hall–Kier alpha value is -2.00. The smallest absolute Gasteiger partial charge is 0.146 e. The molecule has 2 rings (SSSR count). The molecule has 1 aromatic carbocycles. The molecule has 0 spiro atoms. The lowest BCUT2D eigenvalue weighted by Crippen LogP contribution is -2.00. The van der Waals surface area contributed by atoms with E-state index in [9.17, 15) is 4.39 Å². The molecule has 0 aliphatic heterocycles. The molecule has 0 aliphatic rings. The van der Waals surface area contributed by atoms with Gasteiger partial charge in [-0.2, -0.15) is 5.26 Å². The number of nitriles is 1. The summed E-state index contributed by atoms with van der Waals surface area (Å²) in [5.74, 6) is 0.441. The van der Waals surface area contributed by atoms with E-state index in [-0.39, 0.29) is 11.4 Å². The molecule has 0 bridgehead atoms. The number of nitrogens with one attached hydrogen (secondary N) is 1. The van der Waals surface area contributed by atoms with Gasteiger partial charge < -0.3 is 5.32 Å². The van der Waals surface area contributed by atoms with Gasteiger partial charge in [0.25, 0.3) is 0 Å². The van der Waals surface area contributed by atoms with Crippen LogP contribution in [0, 0.1) is 24.1 Å². The van der Waals surface area contributed by atoms with E-state index < -0.39 is 5.82 Å². The molecule has 18 heavy (non-hydrogen) atoms. The summed E-state index contributed by atoms with van der Waals surface area (Å²) in [6.07, 6.45) is 0. The van der Waals surface area contributed by atoms with E-state index in [1.807, 2.05) is 6.07 Å². The van der Waals surface area contributed by atoms with E-state index in [1.165, 1.54) is 12.1 Å². The third kappa shape index (κ3) is 2.81. The second-order valence-corrected chi connectivity index (χ2v) is 4.46. The van der Waals surface area contributed by atoms with Gasteiger partial charge in [-0.25, -0.2) is 14.4 Å². The van der Waals surface area contributed by atoms with Crippen molar-refractivity contribution in [1.29, 1.82) is 5.26 Å².